The van der Waals surface area contributed by atoms with Crippen molar-refractivity contribution in [2.75, 3.05) is 6.61 Å². The molecule has 9 heteroatoms. The molecule has 0 aliphatic heterocycles. The fraction of sp³-hybridized carbons (Fsp3) is 0.200. The molecule has 0 saturated carbocycles. The van der Waals surface area contributed by atoms with Crippen LogP contribution in [0.4, 0.5) is 17.6 Å². The summed E-state index contributed by atoms with van der Waals surface area (Å²) in [7, 11) is 0. The van der Waals surface area contributed by atoms with Crippen molar-refractivity contribution in [2.24, 2.45) is 0 Å². The molecule has 1 atom stereocenters. The quantitative estimate of drug-likeness (QED) is 0.405. The molecule has 154 valence electrons. The highest BCUT2D eigenvalue weighted by Gasteiger charge is 2.15. The highest BCUT2D eigenvalue weighted by Crippen LogP contribution is 2.18. The number of benzene rings is 2. The van der Waals surface area contributed by atoms with Crippen LogP contribution in [-0.2, 0) is 14.3 Å². The molecule has 0 saturated heterocycles. The number of ether oxygens (including phenoxy) is 2. The lowest BCUT2D eigenvalue weighted by Gasteiger charge is -2.15. The molecule has 2 aromatic carbocycles. The van der Waals surface area contributed by atoms with Crippen molar-refractivity contribution in [3.8, 4) is 5.75 Å². The van der Waals surface area contributed by atoms with Crippen LogP contribution in [0, 0.1) is 11.6 Å². The molecule has 2 rings (SSSR count). The Bertz CT molecular complexity index is 885. The predicted octanol–water partition coefficient (Wildman–Crippen LogP) is 4.00. The van der Waals surface area contributed by atoms with Gasteiger partial charge in [0.25, 0.3) is 5.91 Å². The van der Waals surface area contributed by atoms with E-state index in [0.717, 1.165) is 12.1 Å². The van der Waals surface area contributed by atoms with Crippen molar-refractivity contribution >= 4 is 18.0 Å². The summed E-state index contributed by atoms with van der Waals surface area (Å²) in [6, 6.07) is 7.74. The predicted molar refractivity (Wildman–Crippen MR) is 96.0 cm³/mol. The van der Waals surface area contributed by atoms with E-state index in [4.69, 9.17) is 4.74 Å². The Morgan fingerprint density at radius 2 is 1.79 bits per heavy atom. The maximum atomic E-state index is 13.7. The summed E-state index contributed by atoms with van der Waals surface area (Å²) in [5, 5.41) is 2.43. The number of halogens is 4. The van der Waals surface area contributed by atoms with Gasteiger partial charge in [-0.25, -0.2) is 13.6 Å². The third-order valence-electron chi connectivity index (χ3n) is 3.67. The van der Waals surface area contributed by atoms with Gasteiger partial charge < -0.3 is 14.8 Å². The zero-order chi connectivity index (χ0) is 21.4. The zero-order valence-electron chi connectivity index (χ0n) is 15.2. The standard InChI is InChI=1S/C20H17F4NO4/c1-12(16-8-5-14(21)10-17(16)22)25-18(26)11-28-19(27)9-4-13-2-6-15(7-3-13)29-20(23)24/h2-10,12,20H,11H2,1H3,(H,25,26)/b9-4+/t12-/m0/s1. The summed E-state index contributed by atoms with van der Waals surface area (Å²) in [5.74, 6) is -3.04. The minimum Gasteiger partial charge on any atom is -0.452 e. The molecule has 0 fully saturated rings. The van der Waals surface area contributed by atoms with Crippen LogP contribution in [0.2, 0.25) is 0 Å². The number of rotatable bonds is 8. The summed E-state index contributed by atoms with van der Waals surface area (Å²) < 4.78 is 59.7. The van der Waals surface area contributed by atoms with Gasteiger partial charge in [-0.15, -0.1) is 0 Å². The lowest BCUT2D eigenvalue weighted by Crippen LogP contribution is -2.31. The second-order valence-electron chi connectivity index (χ2n) is 5.84. The number of hydrogen-bond donors (Lipinski definition) is 1. The van der Waals surface area contributed by atoms with Crippen LogP contribution in [0.3, 0.4) is 0 Å². The summed E-state index contributed by atoms with van der Waals surface area (Å²) in [4.78, 5) is 23.5. The Morgan fingerprint density at radius 1 is 1.10 bits per heavy atom. The van der Waals surface area contributed by atoms with Crippen molar-refractivity contribution in [1.82, 2.24) is 5.32 Å². The molecule has 0 aromatic heterocycles. The molecule has 0 spiro atoms. The number of carbonyl (C=O) groups excluding carboxylic acids is 2. The van der Waals surface area contributed by atoms with Gasteiger partial charge in [0.05, 0.1) is 6.04 Å². The maximum Gasteiger partial charge on any atom is 0.387 e. The van der Waals surface area contributed by atoms with Gasteiger partial charge in [-0.1, -0.05) is 18.2 Å². The summed E-state index contributed by atoms with van der Waals surface area (Å²) in [6.07, 6.45) is 2.42. The molecule has 0 unspecified atom stereocenters. The van der Waals surface area contributed by atoms with E-state index in [1.165, 1.54) is 43.3 Å². The average Bonchev–Trinajstić information content (AvgIpc) is 2.65. The molecule has 0 bridgehead atoms. The number of carbonyl (C=O) groups is 2. The molecule has 5 nitrogen and oxygen atoms in total. The van der Waals surface area contributed by atoms with E-state index in [2.05, 4.69) is 10.1 Å². The fourth-order valence-electron chi connectivity index (χ4n) is 2.32. The molecule has 0 aliphatic carbocycles. The van der Waals surface area contributed by atoms with Crippen LogP contribution >= 0.6 is 0 Å². The Kier molecular flexibility index (Phi) is 7.76. The number of esters is 1. The molecule has 29 heavy (non-hydrogen) atoms. The van der Waals surface area contributed by atoms with Gasteiger partial charge >= 0.3 is 12.6 Å². The van der Waals surface area contributed by atoms with E-state index in [1.807, 2.05) is 0 Å². The first kappa shape index (κ1) is 21.9. The van der Waals surface area contributed by atoms with E-state index >= 15 is 0 Å². The van der Waals surface area contributed by atoms with E-state index in [0.29, 0.717) is 11.6 Å². The summed E-state index contributed by atoms with van der Waals surface area (Å²) >= 11 is 0. The van der Waals surface area contributed by atoms with Crippen LogP contribution in [0.25, 0.3) is 6.08 Å². The third kappa shape index (κ3) is 7.28. The van der Waals surface area contributed by atoms with Gasteiger partial charge in [0.2, 0.25) is 0 Å². The SMILES string of the molecule is C[C@H](NC(=O)COC(=O)/C=C/c1ccc(OC(F)F)cc1)c1ccc(F)cc1F. The molecule has 1 N–H and O–H groups in total. The molecular weight excluding hydrogens is 394 g/mol. The Labute approximate surface area is 163 Å². The first-order valence-electron chi connectivity index (χ1n) is 8.38. The van der Waals surface area contributed by atoms with Crippen LogP contribution in [0.5, 0.6) is 5.75 Å². The number of hydrogen-bond acceptors (Lipinski definition) is 4. The Hall–Kier alpha value is -3.36. The van der Waals surface area contributed by atoms with Crippen LogP contribution < -0.4 is 10.1 Å². The average molecular weight is 411 g/mol. The minimum atomic E-state index is -2.93. The molecule has 1 amide bonds. The van der Waals surface area contributed by atoms with E-state index in [-0.39, 0.29) is 11.3 Å². The second-order valence-corrected chi connectivity index (χ2v) is 5.84. The lowest BCUT2D eigenvalue weighted by molar-refractivity contribution is -0.144. The zero-order valence-corrected chi connectivity index (χ0v) is 15.2. The van der Waals surface area contributed by atoms with Gasteiger partial charge in [0.15, 0.2) is 6.61 Å². The smallest absolute Gasteiger partial charge is 0.387 e. The maximum absolute atomic E-state index is 13.7. The monoisotopic (exact) mass is 411 g/mol. The van der Waals surface area contributed by atoms with Gasteiger partial charge in [0.1, 0.15) is 17.4 Å². The molecular formula is C20H17F4NO4. The van der Waals surface area contributed by atoms with Gasteiger partial charge in [-0.2, -0.15) is 8.78 Å². The van der Waals surface area contributed by atoms with Crippen molar-refractivity contribution in [1.29, 1.82) is 0 Å². The van der Waals surface area contributed by atoms with Crippen molar-refractivity contribution in [2.45, 2.75) is 19.6 Å². The van der Waals surface area contributed by atoms with Gasteiger partial charge in [0, 0.05) is 17.7 Å². The van der Waals surface area contributed by atoms with E-state index in [9.17, 15) is 27.2 Å². The largest absolute Gasteiger partial charge is 0.452 e. The van der Waals surface area contributed by atoms with Crippen LogP contribution in [0.1, 0.15) is 24.1 Å². The first-order valence-corrected chi connectivity index (χ1v) is 8.38. The van der Waals surface area contributed by atoms with Gasteiger partial charge in [-0.05, 0) is 36.8 Å². The fourth-order valence-corrected chi connectivity index (χ4v) is 2.32. The van der Waals surface area contributed by atoms with E-state index in [1.54, 1.807) is 0 Å². The van der Waals surface area contributed by atoms with Crippen molar-refractivity contribution < 1.29 is 36.6 Å². The normalized spacial score (nSPS) is 12.1. The van der Waals surface area contributed by atoms with Crippen LogP contribution in [0.15, 0.2) is 48.5 Å². The van der Waals surface area contributed by atoms with Crippen molar-refractivity contribution in [3.05, 3.63) is 71.3 Å². The Balaban J connectivity index is 1.80. The summed E-state index contributed by atoms with van der Waals surface area (Å²) in [6.45, 7) is -2.03. The lowest BCUT2D eigenvalue weighted by atomic mass is 10.1. The Morgan fingerprint density at radius 3 is 2.41 bits per heavy atom. The minimum absolute atomic E-state index is 0.0249. The topological polar surface area (TPSA) is 64.6 Å². The molecule has 0 radical (unpaired) electrons. The third-order valence-corrected chi connectivity index (χ3v) is 3.67. The van der Waals surface area contributed by atoms with E-state index < -0.39 is 42.8 Å². The summed E-state index contributed by atoms with van der Waals surface area (Å²) in [5.41, 5.74) is 0.610. The molecule has 2 aromatic rings. The van der Waals surface area contributed by atoms with Crippen LogP contribution in [-0.4, -0.2) is 25.1 Å². The second kappa shape index (κ2) is 10.3. The highest BCUT2D eigenvalue weighted by atomic mass is 19.3. The van der Waals surface area contributed by atoms with Gasteiger partial charge in [-0.3, -0.25) is 4.79 Å². The number of amides is 1. The highest BCUT2D eigenvalue weighted by molar-refractivity contribution is 5.89. The number of alkyl halides is 2. The molecule has 0 aliphatic rings. The number of nitrogens with one attached hydrogen (secondary N) is 1. The van der Waals surface area contributed by atoms with Crippen molar-refractivity contribution in [3.63, 3.8) is 0 Å². The first-order chi connectivity index (χ1) is 13.7. The molecule has 0 heterocycles.